The molecule has 1 aliphatic rings. The number of carbonyl (C=O) groups excluding carboxylic acids is 2. The fourth-order valence-electron chi connectivity index (χ4n) is 4.00. The Balaban J connectivity index is 1.47. The van der Waals surface area contributed by atoms with Gasteiger partial charge in [0.05, 0.1) is 25.0 Å². The van der Waals surface area contributed by atoms with Gasteiger partial charge in [-0.2, -0.15) is 0 Å². The number of ether oxygens (including phenoxy) is 2. The molecule has 2 aromatic heterocycles. The number of methoxy groups -OCH3 is 1. The third-order valence-corrected chi connectivity index (χ3v) is 7.88. The molecule has 8 nitrogen and oxygen atoms in total. The molecule has 34 heavy (non-hydrogen) atoms. The number of hydrogen-bond acceptors (Lipinski definition) is 8. The van der Waals surface area contributed by atoms with Gasteiger partial charge < -0.3 is 19.4 Å². The summed E-state index contributed by atoms with van der Waals surface area (Å²) in [5.41, 5.74) is 2.45. The number of rotatable bonds is 8. The van der Waals surface area contributed by atoms with Gasteiger partial charge in [0, 0.05) is 17.5 Å². The minimum Gasteiger partial charge on any atom is -0.497 e. The Bertz CT molecular complexity index is 1190. The standard InChI is InChI=1S/C24H28N4O4S2/c1-4-32-23(30)20-17-11-6-5-7-12-18(17)34-22(20)25-19(29)14-33-24-27-26-21(28(24)2)15-9-8-10-16(13-15)31-3/h8-10,13H,4-7,11-12,14H2,1-3H3,(H,25,29). The van der Waals surface area contributed by atoms with Gasteiger partial charge in [-0.1, -0.05) is 30.3 Å². The zero-order valence-electron chi connectivity index (χ0n) is 19.6. The topological polar surface area (TPSA) is 95.3 Å². The fourth-order valence-corrected chi connectivity index (χ4v) is 6.00. The third kappa shape index (κ3) is 5.28. The van der Waals surface area contributed by atoms with E-state index in [1.807, 2.05) is 35.9 Å². The van der Waals surface area contributed by atoms with Gasteiger partial charge in [0.1, 0.15) is 10.8 Å². The van der Waals surface area contributed by atoms with Crippen molar-refractivity contribution in [1.29, 1.82) is 0 Å². The molecule has 0 bridgehead atoms. The summed E-state index contributed by atoms with van der Waals surface area (Å²) in [6.45, 7) is 2.09. The number of nitrogens with zero attached hydrogens (tertiary/aromatic N) is 3. The van der Waals surface area contributed by atoms with Crippen molar-refractivity contribution in [3.63, 3.8) is 0 Å². The number of esters is 1. The summed E-state index contributed by atoms with van der Waals surface area (Å²) < 4.78 is 12.4. The van der Waals surface area contributed by atoms with Crippen LogP contribution in [0.5, 0.6) is 5.75 Å². The number of aryl methyl sites for hydroxylation is 1. The molecule has 0 saturated heterocycles. The first-order valence-electron chi connectivity index (χ1n) is 11.3. The molecule has 1 aliphatic carbocycles. The molecule has 0 spiro atoms. The Morgan fingerprint density at radius 1 is 1.21 bits per heavy atom. The second kappa shape index (κ2) is 11.1. The van der Waals surface area contributed by atoms with E-state index in [9.17, 15) is 9.59 Å². The Hall–Kier alpha value is -2.85. The van der Waals surface area contributed by atoms with Gasteiger partial charge >= 0.3 is 5.97 Å². The van der Waals surface area contributed by atoms with Gasteiger partial charge in [-0.25, -0.2) is 4.79 Å². The van der Waals surface area contributed by atoms with E-state index in [1.54, 1.807) is 14.0 Å². The second-order valence-corrected chi connectivity index (χ2v) is 9.97. The lowest BCUT2D eigenvalue weighted by Crippen LogP contribution is -2.17. The number of fused-ring (bicyclic) bond motifs is 1. The molecule has 1 N–H and O–H groups in total. The highest BCUT2D eigenvalue weighted by molar-refractivity contribution is 7.99. The molecule has 4 rings (SSSR count). The minimum absolute atomic E-state index is 0.148. The second-order valence-electron chi connectivity index (χ2n) is 7.92. The van der Waals surface area contributed by atoms with Crippen molar-refractivity contribution in [2.45, 2.75) is 44.2 Å². The minimum atomic E-state index is -0.360. The van der Waals surface area contributed by atoms with Crippen LogP contribution in [0, 0.1) is 0 Å². The summed E-state index contributed by atoms with van der Waals surface area (Å²) >= 11 is 2.80. The fraction of sp³-hybridized carbons (Fsp3) is 0.417. The molecule has 0 atom stereocenters. The van der Waals surface area contributed by atoms with E-state index < -0.39 is 0 Å². The highest BCUT2D eigenvalue weighted by atomic mass is 32.2. The van der Waals surface area contributed by atoms with Gasteiger partial charge in [0.15, 0.2) is 11.0 Å². The maximum absolute atomic E-state index is 12.8. The number of anilines is 1. The molecule has 0 unspecified atom stereocenters. The van der Waals surface area contributed by atoms with Crippen LogP contribution in [0.4, 0.5) is 5.00 Å². The normalized spacial score (nSPS) is 13.1. The average Bonchev–Trinajstić information content (AvgIpc) is 3.28. The number of aromatic nitrogens is 3. The van der Waals surface area contributed by atoms with Crippen LogP contribution < -0.4 is 10.1 Å². The molecule has 0 fully saturated rings. The van der Waals surface area contributed by atoms with Gasteiger partial charge in [0.2, 0.25) is 5.91 Å². The average molecular weight is 501 g/mol. The summed E-state index contributed by atoms with van der Waals surface area (Å²) in [7, 11) is 3.48. The first-order chi connectivity index (χ1) is 16.5. The van der Waals surface area contributed by atoms with Crippen molar-refractivity contribution in [3.8, 4) is 17.1 Å². The van der Waals surface area contributed by atoms with Crippen LogP contribution in [-0.2, 0) is 29.4 Å². The van der Waals surface area contributed by atoms with E-state index in [4.69, 9.17) is 9.47 Å². The number of benzene rings is 1. The highest BCUT2D eigenvalue weighted by Crippen LogP contribution is 2.38. The van der Waals surface area contributed by atoms with E-state index >= 15 is 0 Å². The number of carbonyl (C=O) groups is 2. The zero-order valence-corrected chi connectivity index (χ0v) is 21.2. The highest BCUT2D eigenvalue weighted by Gasteiger charge is 2.26. The van der Waals surface area contributed by atoms with Crippen LogP contribution in [0.2, 0.25) is 0 Å². The Morgan fingerprint density at radius 3 is 2.82 bits per heavy atom. The van der Waals surface area contributed by atoms with Crippen molar-refractivity contribution in [2.24, 2.45) is 7.05 Å². The smallest absolute Gasteiger partial charge is 0.341 e. The summed E-state index contributed by atoms with van der Waals surface area (Å²) in [5, 5.41) is 12.7. The molecular formula is C24H28N4O4S2. The molecule has 0 aliphatic heterocycles. The lowest BCUT2D eigenvalue weighted by atomic mass is 10.1. The lowest BCUT2D eigenvalue weighted by molar-refractivity contribution is -0.113. The van der Waals surface area contributed by atoms with E-state index in [0.29, 0.717) is 28.2 Å². The Labute approximate surface area is 207 Å². The SMILES string of the molecule is CCOC(=O)c1c(NC(=O)CSc2nnc(-c3cccc(OC)c3)n2C)sc2c1CCCCC2. The molecule has 10 heteroatoms. The van der Waals surface area contributed by atoms with Crippen LogP contribution in [-0.4, -0.2) is 46.1 Å². The van der Waals surface area contributed by atoms with Crippen LogP contribution in [0.15, 0.2) is 29.4 Å². The maximum Gasteiger partial charge on any atom is 0.341 e. The van der Waals surface area contributed by atoms with Crippen molar-refractivity contribution in [1.82, 2.24) is 14.8 Å². The van der Waals surface area contributed by atoms with Gasteiger partial charge in [-0.3, -0.25) is 4.79 Å². The first-order valence-corrected chi connectivity index (χ1v) is 13.1. The number of nitrogens with one attached hydrogen (secondary N) is 1. The summed E-state index contributed by atoms with van der Waals surface area (Å²) in [5.74, 6) is 1.02. The van der Waals surface area contributed by atoms with Gasteiger partial charge in [0.25, 0.3) is 0 Å². The molecule has 1 amide bonds. The first kappa shape index (κ1) is 24.3. The van der Waals surface area contributed by atoms with E-state index in [1.165, 1.54) is 28.0 Å². The van der Waals surface area contributed by atoms with Gasteiger partial charge in [-0.15, -0.1) is 21.5 Å². The molecule has 2 heterocycles. The Morgan fingerprint density at radius 2 is 2.03 bits per heavy atom. The summed E-state index contributed by atoms with van der Waals surface area (Å²) in [6, 6.07) is 7.59. The third-order valence-electron chi connectivity index (χ3n) is 5.65. The van der Waals surface area contributed by atoms with E-state index in [2.05, 4.69) is 15.5 Å². The predicted octanol–water partition coefficient (Wildman–Crippen LogP) is 4.73. The quantitative estimate of drug-likeness (QED) is 0.271. The van der Waals surface area contributed by atoms with Crippen LogP contribution >= 0.6 is 23.1 Å². The van der Waals surface area contributed by atoms with Crippen molar-refractivity contribution in [2.75, 3.05) is 24.8 Å². The molecule has 0 saturated carbocycles. The molecule has 0 radical (unpaired) electrons. The number of hydrogen-bond donors (Lipinski definition) is 1. The van der Waals surface area contributed by atoms with Crippen molar-refractivity contribution >= 4 is 40.0 Å². The Kier molecular flexibility index (Phi) is 7.89. The summed E-state index contributed by atoms with van der Waals surface area (Å²) in [4.78, 5) is 26.7. The van der Waals surface area contributed by atoms with Crippen LogP contribution in [0.3, 0.4) is 0 Å². The summed E-state index contributed by atoms with van der Waals surface area (Å²) in [6.07, 6.45) is 5.07. The van der Waals surface area contributed by atoms with Crippen LogP contribution in [0.1, 0.15) is 47.0 Å². The predicted molar refractivity (Wildman–Crippen MR) is 134 cm³/mol. The van der Waals surface area contributed by atoms with Crippen LogP contribution in [0.25, 0.3) is 11.4 Å². The molecule has 3 aromatic rings. The number of amides is 1. The molecule has 180 valence electrons. The monoisotopic (exact) mass is 500 g/mol. The van der Waals surface area contributed by atoms with Crippen molar-refractivity contribution < 1.29 is 19.1 Å². The van der Waals surface area contributed by atoms with E-state index in [0.717, 1.165) is 49.0 Å². The molecule has 1 aromatic carbocycles. The number of thioether (sulfide) groups is 1. The van der Waals surface area contributed by atoms with E-state index in [-0.39, 0.29) is 17.6 Å². The largest absolute Gasteiger partial charge is 0.497 e. The molecular weight excluding hydrogens is 472 g/mol. The number of thiophene rings is 1. The lowest BCUT2D eigenvalue weighted by Gasteiger charge is -2.08. The maximum atomic E-state index is 12.8. The zero-order chi connectivity index (χ0) is 24.1. The van der Waals surface area contributed by atoms with Gasteiger partial charge in [-0.05, 0) is 50.3 Å². The van der Waals surface area contributed by atoms with Crippen molar-refractivity contribution in [3.05, 3.63) is 40.3 Å².